The first-order chi connectivity index (χ1) is 1.00. The first kappa shape index (κ1) is 59.3. The summed E-state index contributed by atoms with van der Waals surface area (Å²) in [6.07, 6.45) is 0. The summed E-state index contributed by atoms with van der Waals surface area (Å²) in [4.78, 5) is 0. The molecule has 0 amide bonds. The Labute approximate surface area is 73.0 Å². The van der Waals surface area contributed by atoms with E-state index in [1.54, 1.807) is 0 Å². The highest BCUT2D eigenvalue weighted by Crippen LogP contribution is 0.887. The Morgan fingerprint density at radius 3 is 0.667 bits per heavy atom. The van der Waals surface area contributed by atoms with E-state index in [0.29, 0.717) is 0 Å². The fourth-order valence-electron chi connectivity index (χ4n) is 0. The van der Waals surface area contributed by atoms with Gasteiger partial charge < -0.3 is 12.3 Å². The van der Waals surface area contributed by atoms with Gasteiger partial charge in [0.1, 0.15) is 0 Å². The summed E-state index contributed by atoms with van der Waals surface area (Å²) < 4.78 is 0. The first-order valence-corrected chi connectivity index (χ1v) is 0.500. The molecule has 44 valence electrons. The smallest absolute Gasteiger partial charge is 0.106 e. The van der Waals surface area contributed by atoms with Gasteiger partial charge in [0.05, 0.1) is 0 Å². The molecule has 0 saturated carbocycles. The van der Waals surface area contributed by atoms with Gasteiger partial charge in [-0.25, -0.2) is 0 Å². The standard InChI is InChI=1S/C2H4.2HI.2H3N/c1-2;;;;/h1-2H2;2*1H;2*1H3. The van der Waals surface area contributed by atoms with Gasteiger partial charge in [0.2, 0.25) is 0 Å². The molecule has 0 aromatic heterocycles. The van der Waals surface area contributed by atoms with Crippen LogP contribution >= 0.6 is 48.0 Å². The van der Waals surface area contributed by atoms with Gasteiger partial charge in [-0.2, -0.15) is 0 Å². The van der Waals surface area contributed by atoms with Crippen LogP contribution in [0.1, 0.15) is 0 Å². The van der Waals surface area contributed by atoms with Crippen molar-refractivity contribution >= 4 is 48.0 Å². The van der Waals surface area contributed by atoms with Crippen molar-refractivity contribution < 1.29 is 0 Å². The van der Waals surface area contributed by atoms with Gasteiger partial charge >= 0.3 is 0 Å². The first-order valence-electron chi connectivity index (χ1n) is 0.500. The Hall–Kier alpha value is 1.12. The van der Waals surface area contributed by atoms with Gasteiger partial charge in [0.25, 0.3) is 0 Å². The zero-order chi connectivity index (χ0) is 2.00. The molecule has 0 spiro atoms. The van der Waals surface area contributed by atoms with Gasteiger partial charge in [0, 0.05) is 0 Å². The van der Waals surface area contributed by atoms with E-state index in [1.807, 2.05) is 0 Å². The second-order valence-electron chi connectivity index (χ2n) is 0. The molecule has 0 heterocycles. The average Bonchev–Trinajstić information content (AvgIpc) is 1.00. The summed E-state index contributed by atoms with van der Waals surface area (Å²) in [6, 6.07) is 0. The molecule has 0 radical (unpaired) electrons. The molecular weight excluding hydrogens is 306 g/mol. The molecular formula is C2H12I2N2. The lowest BCUT2D eigenvalue weighted by molar-refractivity contribution is 2.13. The summed E-state index contributed by atoms with van der Waals surface area (Å²) in [5, 5.41) is 0. The van der Waals surface area contributed by atoms with Crippen LogP contribution in [-0.4, -0.2) is 0 Å². The average molecular weight is 318 g/mol. The van der Waals surface area contributed by atoms with E-state index in [2.05, 4.69) is 13.2 Å². The van der Waals surface area contributed by atoms with Gasteiger partial charge in [-0.1, -0.05) is 0 Å². The fraction of sp³-hybridized carbons (Fsp3) is 0. The summed E-state index contributed by atoms with van der Waals surface area (Å²) in [6.45, 7) is 6.00. The molecule has 4 heteroatoms. The van der Waals surface area contributed by atoms with Crippen LogP contribution in [0.15, 0.2) is 13.2 Å². The third-order valence-electron chi connectivity index (χ3n) is 0. The van der Waals surface area contributed by atoms with Gasteiger partial charge in [0.15, 0.2) is 0 Å². The molecule has 0 bridgehead atoms. The predicted molar refractivity (Wildman–Crippen MR) is 52.1 cm³/mol. The number of hydrogen-bond acceptors (Lipinski definition) is 2. The van der Waals surface area contributed by atoms with E-state index in [4.69, 9.17) is 0 Å². The van der Waals surface area contributed by atoms with E-state index < -0.39 is 0 Å². The number of hydrogen-bond donors (Lipinski definition) is 2. The van der Waals surface area contributed by atoms with Crippen LogP contribution < -0.4 is 12.3 Å². The molecule has 0 saturated heterocycles. The van der Waals surface area contributed by atoms with Crippen molar-refractivity contribution in [3.05, 3.63) is 13.2 Å². The van der Waals surface area contributed by atoms with Crippen LogP contribution in [0.3, 0.4) is 0 Å². The van der Waals surface area contributed by atoms with Crippen molar-refractivity contribution in [1.29, 1.82) is 0 Å². The van der Waals surface area contributed by atoms with Crippen LogP contribution in [0.2, 0.25) is 0 Å². The molecule has 0 aliphatic heterocycles. The lowest BCUT2D eigenvalue weighted by atomic mass is 11.3. The largest absolute Gasteiger partial charge is 0.344 e. The van der Waals surface area contributed by atoms with Crippen molar-refractivity contribution in [3.8, 4) is 0 Å². The normalized spacial score (nSPS) is 0.667. The van der Waals surface area contributed by atoms with Gasteiger partial charge in [-0.05, 0) is 0 Å². The zero-order valence-electron chi connectivity index (χ0n) is 3.64. The topological polar surface area (TPSA) is 70.0 Å². The predicted octanol–water partition coefficient (Wildman–Crippen LogP) is 2.36. The summed E-state index contributed by atoms with van der Waals surface area (Å²) in [5.41, 5.74) is 0. The molecule has 0 aromatic carbocycles. The van der Waals surface area contributed by atoms with Crippen molar-refractivity contribution in [2.24, 2.45) is 0 Å². The molecule has 0 fully saturated rings. The Kier molecular flexibility index (Phi) is 1260. The molecule has 0 aliphatic rings. The van der Waals surface area contributed by atoms with E-state index >= 15 is 0 Å². The minimum atomic E-state index is 0. The second-order valence-corrected chi connectivity index (χ2v) is 0. The third-order valence-corrected chi connectivity index (χ3v) is 0. The minimum Gasteiger partial charge on any atom is -0.344 e. The van der Waals surface area contributed by atoms with Crippen molar-refractivity contribution in [3.63, 3.8) is 0 Å². The SMILES string of the molecule is C=C.I.I.N.N. The quantitative estimate of drug-likeness (QED) is 0.532. The Morgan fingerprint density at radius 1 is 0.667 bits per heavy atom. The molecule has 0 atom stereocenters. The minimum absolute atomic E-state index is 0. The maximum atomic E-state index is 3.00. The van der Waals surface area contributed by atoms with Crippen LogP contribution in [0.4, 0.5) is 0 Å². The highest BCUT2D eigenvalue weighted by molar-refractivity contribution is 14.0. The van der Waals surface area contributed by atoms with Crippen molar-refractivity contribution in [2.75, 3.05) is 0 Å². The van der Waals surface area contributed by atoms with E-state index in [-0.39, 0.29) is 60.3 Å². The van der Waals surface area contributed by atoms with E-state index in [9.17, 15) is 0 Å². The molecule has 2 nitrogen and oxygen atoms in total. The monoisotopic (exact) mass is 318 g/mol. The van der Waals surface area contributed by atoms with Crippen LogP contribution in [0.5, 0.6) is 0 Å². The molecule has 0 aromatic rings. The van der Waals surface area contributed by atoms with Crippen molar-refractivity contribution in [2.45, 2.75) is 0 Å². The second kappa shape index (κ2) is 128. The molecule has 0 rings (SSSR count). The molecule has 6 heavy (non-hydrogen) atoms. The molecule has 0 unspecified atom stereocenters. The fourth-order valence-corrected chi connectivity index (χ4v) is 0. The third kappa shape index (κ3) is 69.3. The maximum absolute atomic E-state index is 3.00. The number of halogens is 2. The van der Waals surface area contributed by atoms with Crippen LogP contribution in [-0.2, 0) is 0 Å². The zero-order valence-corrected chi connectivity index (χ0v) is 8.31. The van der Waals surface area contributed by atoms with Gasteiger partial charge in [-0.15, -0.1) is 61.1 Å². The van der Waals surface area contributed by atoms with Crippen LogP contribution in [0.25, 0.3) is 0 Å². The Morgan fingerprint density at radius 2 is 0.667 bits per heavy atom. The lowest BCUT2D eigenvalue weighted by Crippen LogP contribution is -0.552. The van der Waals surface area contributed by atoms with Crippen LogP contribution in [0, 0.1) is 0 Å². The summed E-state index contributed by atoms with van der Waals surface area (Å²) in [5.74, 6) is 0. The Balaban J connectivity index is -0.000000000833. The lowest BCUT2D eigenvalue weighted by Gasteiger charge is -0.813. The van der Waals surface area contributed by atoms with Gasteiger partial charge in [-0.3, -0.25) is 0 Å². The molecule has 0 aliphatic carbocycles. The van der Waals surface area contributed by atoms with Crippen molar-refractivity contribution in [1.82, 2.24) is 12.3 Å². The maximum Gasteiger partial charge on any atom is -0.106 e. The highest BCUT2D eigenvalue weighted by atomic mass is 127. The van der Waals surface area contributed by atoms with E-state index in [1.165, 1.54) is 0 Å². The number of rotatable bonds is 0. The highest BCUT2D eigenvalue weighted by Gasteiger charge is 0.601. The Bertz CT molecular complexity index is 9.51. The summed E-state index contributed by atoms with van der Waals surface area (Å²) >= 11 is 0. The summed E-state index contributed by atoms with van der Waals surface area (Å²) in [7, 11) is 0. The van der Waals surface area contributed by atoms with E-state index in [0.717, 1.165) is 0 Å². The molecule has 6 N–H and O–H groups in total.